The van der Waals surface area contributed by atoms with Gasteiger partial charge in [0.25, 0.3) is 0 Å². The maximum absolute atomic E-state index is 11.7. The Kier molecular flexibility index (Phi) is 4.28. The van der Waals surface area contributed by atoms with Crippen molar-refractivity contribution in [2.24, 2.45) is 0 Å². The van der Waals surface area contributed by atoms with Crippen LogP contribution >= 0.6 is 11.6 Å². The van der Waals surface area contributed by atoms with E-state index in [0.29, 0.717) is 28.9 Å². The van der Waals surface area contributed by atoms with E-state index in [-0.39, 0.29) is 12.5 Å². The van der Waals surface area contributed by atoms with Gasteiger partial charge in [0.1, 0.15) is 12.6 Å². The first-order valence-electron chi connectivity index (χ1n) is 6.28. The minimum absolute atomic E-state index is 0.160. The summed E-state index contributed by atoms with van der Waals surface area (Å²) in [6.45, 7) is 2.30. The number of hydrogen-bond donors (Lipinski definition) is 0. The third-order valence-electron chi connectivity index (χ3n) is 3.01. The molecule has 5 heteroatoms. The Bertz CT molecular complexity index is 521. The normalized spacial score (nSPS) is 13.7. The number of halogens is 1. The molecule has 1 aliphatic rings. The number of anilines is 1. The van der Waals surface area contributed by atoms with Crippen molar-refractivity contribution in [3.8, 4) is 6.07 Å². The Labute approximate surface area is 117 Å². The standard InChI is InChI=1S/C14H15ClN2O2/c1-2-19-14(18)9-17(10-6-7-10)13-5-3-4-12(15)11(13)8-16/h3-5,10H,2,6-7,9H2,1H3. The van der Waals surface area contributed by atoms with Crippen LogP contribution in [0.15, 0.2) is 18.2 Å². The lowest BCUT2D eigenvalue weighted by Crippen LogP contribution is -2.33. The molecular formula is C14H15ClN2O2. The molecule has 0 bridgehead atoms. The summed E-state index contributed by atoms with van der Waals surface area (Å²) in [5, 5.41) is 9.62. The molecule has 0 aliphatic heterocycles. The highest BCUT2D eigenvalue weighted by Gasteiger charge is 2.32. The van der Waals surface area contributed by atoms with Crippen LogP contribution in [0.4, 0.5) is 5.69 Å². The van der Waals surface area contributed by atoms with Gasteiger partial charge in [0.05, 0.1) is 22.9 Å². The lowest BCUT2D eigenvalue weighted by molar-refractivity contribution is -0.141. The van der Waals surface area contributed by atoms with Crippen LogP contribution in [0.1, 0.15) is 25.3 Å². The average Bonchev–Trinajstić information content (AvgIpc) is 3.20. The molecule has 0 atom stereocenters. The van der Waals surface area contributed by atoms with E-state index in [1.807, 2.05) is 11.0 Å². The summed E-state index contributed by atoms with van der Waals surface area (Å²) in [6.07, 6.45) is 2.05. The monoisotopic (exact) mass is 278 g/mol. The van der Waals surface area contributed by atoms with Crippen LogP contribution in [0, 0.1) is 11.3 Å². The number of nitriles is 1. The molecule has 2 rings (SSSR count). The maximum Gasteiger partial charge on any atom is 0.325 e. The highest BCUT2D eigenvalue weighted by atomic mass is 35.5. The molecule has 1 aromatic rings. The minimum atomic E-state index is -0.279. The molecule has 0 unspecified atom stereocenters. The van der Waals surface area contributed by atoms with E-state index in [1.165, 1.54) is 0 Å². The molecule has 0 radical (unpaired) electrons. The molecule has 1 saturated carbocycles. The second kappa shape index (κ2) is 5.94. The summed E-state index contributed by atoms with van der Waals surface area (Å²) in [6, 6.07) is 7.70. The van der Waals surface area contributed by atoms with Gasteiger partial charge in [-0.25, -0.2) is 0 Å². The van der Waals surface area contributed by atoms with Crippen molar-refractivity contribution in [1.82, 2.24) is 0 Å². The Morgan fingerprint density at radius 3 is 2.89 bits per heavy atom. The second-order valence-electron chi connectivity index (χ2n) is 4.41. The fourth-order valence-corrected chi connectivity index (χ4v) is 2.22. The van der Waals surface area contributed by atoms with E-state index >= 15 is 0 Å². The predicted octanol–water partition coefficient (Wildman–Crippen LogP) is 2.74. The van der Waals surface area contributed by atoms with Crippen molar-refractivity contribution in [3.63, 3.8) is 0 Å². The van der Waals surface area contributed by atoms with Crippen LogP contribution in [0.3, 0.4) is 0 Å². The fraction of sp³-hybridized carbons (Fsp3) is 0.429. The molecule has 19 heavy (non-hydrogen) atoms. The number of nitrogens with zero attached hydrogens (tertiary/aromatic N) is 2. The average molecular weight is 279 g/mol. The van der Waals surface area contributed by atoms with Crippen molar-refractivity contribution < 1.29 is 9.53 Å². The first kappa shape index (κ1) is 13.7. The molecule has 1 aromatic carbocycles. The van der Waals surface area contributed by atoms with Crippen LogP contribution in [-0.2, 0) is 9.53 Å². The Balaban J connectivity index is 2.27. The van der Waals surface area contributed by atoms with E-state index in [1.54, 1.807) is 19.1 Å². The zero-order chi connectivity index (χ0) is 13.8. The molecule has 4 nitrogen and oxygen atoms in total. The van der Waals surface area contributed by atoms with Crippen molar-refractivity contribution in [1.29, 1.82) is 5.26 Å². The van der Waals surface area contributed by atoms with Crippen LogP contribution in [0.5, 0.6) is 0 Å². The van der Waals surface area contributed by atoms with Crippen LogP contribution in [-0.4, -0.2) is 25.2 Å². The van der Waals surface area contributed by atoms with Crippen LogP contribution in [0.25, 0.3) is 0 Å². The third-order valence-corrected chi connectivity index (χ3v) is 3.32. The molecule has 100 valence electrons. The zero-order valence-corrected chi connectivity index (χ0v) is 11.5. The Morgan fingerprint density at radius 2 is 2.32 bits per heavy atom. The third kappa shape index (κ3) is 3.18. The van der Waals surface area contributed by atoms with Gasteiger partial charge in [-0.05, 0) is 31.9 Å². The summed E-state index contributed by atoms with van der Waals surface area (Å²) in [4.78, 5) is 13.6. The van der Waals surface area contributed by atoms with E-state index in [9.17, 15) is 10.1 Å². The van der Waals surface area contributed by atoms with E-state index in [4.69, 9.17) is 16.3 Å². The van der Waals surface area contributed by atoms with Gasteiger partial charge >= 0.3 is 5.97 Å². The van der Waals surface area contributed by atoms with Gasteiger partial charge in [-0.2, -0.15) is 5.26 Å². The summed E-state index contributed by atoms with van der Waals surface area (Å²) in [7, 11) is 0. The zero-order valence-electron chi connectivity index (χ0n) is 10.7. The summed E-state index contributed by atoms with van der Waals surface area (Å²) in [5.74, 6) is -0.279. The highest BCUT2D eigenvalue weighted by Crippen LogP contribution is 2.35. The molecule has 0 spiro atoms. The summed E-state index contributed by atoms with van der Waals surface area (Å²) >= 11 is 6.03. The number of rotatable bonds is 5. The van der Waals surface area contributed by atoms with Gasteiger partial charge < -0.3 is 9.64 Å². The van der Waals surface area contributed by atoms with Gasteiger partial charge in [-0.15, -0.1) is 0 Å². The van der Waals surface area contributed by atoms with Crippen molar-refractivity contribution >= 4 is 23.3 Å². The summed E-state index contributed by atoms with van der Waals surface area (Å²) < 4.78 is 4.98. The van der Waals surface area contributed by atoms with E-state index in [0.717, 1.165) is 12.8 Å². The van der Waals surface area contributed by atoms with Gasteiger partial charge in [-0.3, -0.25) is 4.79 Å². The first-order valence-corrected chi connectivity index (χ1v) is 6.66. The summed E-state index contributed by atoms with van der Waals surface area (Å²) in [5.41, 5.74) is 1.13. The molecule has 0 aromatic heterocycles. The topological polar surface area (TPSA) is 53.3 Å². The second-order valence-corrected chi connectivity index (χ2v) is 4.82. The smallest absolute Gasteiger partial charge is 0.325 e. The first-order chi connectivity index (χ1) is 9.17. The predicted molar refractivity (Wildman–Crippen MR) is 73.2 cm³/mol. The number of hydrogen-bond acceptors (Lipinski definition) is 4. The molecular weight excluding hydrogens is 264 g/mol. The van der Waals surface area contributed by atoms with Gasteiger partial charge in [-0.1, -0.05) is 17.7 Å². The van der Waals surface area contributed by atoms with Crippen molar-refractivity contribution in [2.75, 3.05) is 18.1 Å². The largest absolute Gasteiger partial charge is 0.465 e. The van der Waals surface area contributed by atoms with Crippen LogP contribution in [0.2, 0.25) is 5.02 Å². The molecule has 1 aliphatic carbocycles. The van der Waals surface area contributed by atoms with Crippen molar-refractivity contribution in [3.05, 3.63) is 28.8 Å². The number of benzene rings is 1. The van der Waals surface area contributed by atoms with Gasteiger partial charge in [0.2, 0.25) is 0 Å². The number of ether oxygens (including phenoxy) is 1. The molecule has 0 N–H and O–H groups in total. The lowest BCUT2D eigenvalue weighted by atomic mass is 10.1. The SMILES string of the molecule is CCOC(=O)CN(c1cccc(Cl)c1C#N)C1CC1. The minimum Gasteiger partial charge on any atom is -0.465 e. The molecule has 0 heterocycles. The maximum atomic E-state index is 11.7. The van der Waals surface area contributed by atoms with E-state index < -0.39 is 0 Å². The van der Waals surface area contributed by atoms with Gasteiger partial charge in [0, 0.05) is 6.04 Å². The number of carbonyl (C=O) groups excluding carboxylic acids is 1. The molecule has 1 fully saturated rings. The fourth-order valence-electron chi connectivity index (χ4n) is 2.01. The van der Waals surface area contributed by atoms with E-state index in [2.05, 4.69) is 6.07 Å². The highest BCUT2D eigenvalue weighted by molar-refractivity contribution is 6.32. The Hall–Kier alpha value is -1.73. The molecule has 0 saturated heterocycles. The van der Waals surface area contributed by atoms with Crippen LogP contribution < -0.4 is 4.90 Å². The van der Waals surface area contributed by atoms with Gasteiger partial charge in [0.15, 0.2) is 0 Å². The molecule has 0 amide bonds. The Morgan fingerprint density at radius 1 is 1.58 bits per heavy atom. The van der Waals surface area contributed by atoms with Crippen molar-refractivity contribution in [2.45, 2.75) is 25.8 Å². The lowest BCUT2D eigenvalue weighted by Gasteiger charge is -2.24. The number of carbonyl (C=O) groups is 1. The number of esters is 1. The quantitative estimate of drug-likeness (QED) is 0.777.